The number of rotatable bonds is 10. The van der Waals surface area contributed by atoms with Gasteiger partial charge in [-0.05, 0) is 60.2 Å². The molecule has 0 aromatic heterocycles. The summed E-state index contributed by atoms with van der Waals surface area (Å²) in [7, 11) is 1.56. The molecule has 0 unspecified atom stereocenters. The highest BCUT2D eigenvalue weighted by molar-refractivity contribution is 6.35. The lowest BCUT2D eigenvalue weighted by Gasteiger charge is -2.12. The average molecular weight is 559 g/mol. The van der Waals surface area contributed by atoms with Crippen LogP contribution in [0.5, 0.6) is 17.2 Å². The van der Waals surface area contributed by atoms with Gasteiger partial charge in [-0.2, -0.15) is 5.26 Å². The van der Waals surface area contributed by atoms with E-state index in [0.717, 1.165) is 11.1 Å². The fourth-order valence-electron chi connectivity index (χ4n) is 3.56. The van der Waals surface area contributed by atoms with Crippen molar-refractivity contribution in [2.24, 2.45) is 0 Å². The van der Waals surface area contributed by atoms with Crippen LogP contribution < -0.4 is 19.5 Å². The van der Waals surface area contributed by atoms with E-state index in [9.17, 15) is 10.1 Å². The van der Waals surface area contributed by atoms with Crippen molar-refractivity contribution < 1.29 is 19.0 Å². The fourth-order valence-corrected chi connectivity index (χ4v) is 4.02. The molecule has 0 heterocycles. The van der Waals surface area contributed by atoms with E-state index in [-0.39, 0.29) is 12.2 Å². The number of halogens is 2. The third kappa shape index (κ3) is 7.78. The Morgan fingerprint density at radius 1 is 0.897 bits per heavy atom. The second-order valence-electron chi connectivity index (χ2n) is 8.35. The van der Waals surface area contributed by atoms with Crippen molar-refractivity contribution in [3.8, 4) is 23.3 Å². The van der Waals surface area contributed by atoms with Gasteiger partial charge in [-0.15, -0.1) is 0 Å². The van der Waals surface area contributed by atoms with Crippen LogP contribution >= 0.6 is 23.2 Å². The summed E-state index contributed by atoms with van der Waals surface area (Å²) in [6, 6.07) is 28.9. The van der Waals surface area contributed by atoms with Crippen molar-refractivity contribution in [1.82, 2.24) is 0 Å². The third-order valence-electron chi connectivity index (χ3n) is 5.64. The van der Waals surface area contributed by atoms with Crippen LogP contribution in [0.15, 0.2) is 96.6 Å². The minimum atomic E-state index is -0.552. The Labute approximate surface area is 237 Å². The third-order valence-corrected chi connectivity index (χ3v) is 6.23. The maximum absolute atomic E-state index is 12.9. The first-order valence-electron chi connectivity index (χ1n) is 11.9. The van der Waals surface area contributed by atoms with Crippen LogP contribution in [0.1, 0.15) is 16.7 Å². The summed E-state index contributed by atoms with van der Waals surface area (Å²) in [5.74, 6) is 1.12. The maximum atomic E-state index is 12.9. The monoisotopic (exact) mass is 558 g/mol. The molecule has 0 bridgehead atoms. The maximum Gasteiger partial charge on any atom is 0.266 e. The number of nitrogens with zero attached hydrogens (tertiary/aromatic N) is 1. The summed E-state index contributed by atoms with van der Waals surface area (Å²) >= 11 is 12.1. The molecule has 39 heavy (non-hydrogen) atoms. The van der Waals surface area contributed by atoms with Gasteiger partial charge < -0.3 is 19.5 Å². The molecule has 0 spiro atoms. The minimum Gasteiger partial charge on any atom is -0.497 e. The molecule has 0 radical (unpaired) electrons. The second-order valence-corrected chi connectivity index (χ2v) is 9.19. The second kappa shape index (κ2) is 13.4. The van der Waals surface area contributed by atoms with Gasteiger partial charge in [0.15, 0.2) is 0 Å². The van der Waals surface area contributed by atoms with Gasteiger partial charge in [0.2, 0.25) is 0 Å². The first kappa shape index (κ1) is 27.6. The molecule has 0 aliphatic carbocycles. The summed E-state index contributed by atoms with van der Waals surface area (Å²) in [5, 5.41) is 13.5. The van der Waals surface area contributed by atoms with Crippen LogP contribution in [0.4, 0.5) is 5.69 Å². The van der Waals surface area contributed by atoms with Crippen molar-refractivity contribution >= 4 is 40.9 Å². The normalized spacial score (nSPS) is 10.9. The number of carbonyl (C=O) groups excluding carboxylic acids is 1. The van der Waals surface area contributed by atoms with Crippen molar-refractivity contribution in [2.75, 3.05) is 12.4 Å². The van der Waals surface area contributed by atoms with Crippen LogP contribution in [0.2, 0.25) is 10.0 Å². The van der Waals surface area contributed by atoms with Crippen LogP contribution in [-0.4, -0.2) is 13.0 Å². The molecular weight excluding hydrogens is 535 g/mol. The fraction of sp³-hybridized carbons (Fsp3) is 0.0968. The van der Waals surface area contributed by atoms with Gasteiger partial charge >= 0.3 is 0 Å². The summed E-state index contributed by atoms with van der Waals surface area (Å²) < 4.78 is 17.1. The van der Waals surface area contributed by atoms with Crippen LogP contribution in [0.3, 0.4) is 0 Å². The van der Waals surface area contributed by atoms with Crippen LogP contribution in [0.25, 0.3) is 6.08 Å². The Balaban J connectivity index is 1.43. The number of hydrogen-bond donors (Lipinski definition) is 1. The van der Waals surface area contributed by atoms with Gasteiger partial charge in [0, 0.05) is 32.9 Å². The zero-order chi connectivity index (χ0) is 27.6. The summed E-state index contributed by atoms with van der Waals surface area (Å²) in [6.07, 6.45) is 1.49. The predicted octanol–water partition coefficient (Wildman–Crippen LogP) is 7.71. The molecule has 0 saturated carbocycles. The smallest absolute Gasteiger partial charge is 0.266 e. The van der Waals surface area contributed by atoms with E-state index in [1.165, 1.54) is 6.08 Å². The first-order chi connectivity index (χ1) is 18.9. The Bertz CT molecular complexity index is 1510. The molecular formula is C31H24Cl2N2O4. The molecule has 0 aliphatic rings. The topological polar surface area (TPSA) is 80.6 Å². The minimum absolute atomic E-state index is 0.0811. The average Bonchev–Trinajstić information content (AvgIpc) is 2.96. The number of carbonyl (C=O) groups is 1. The van der Waals surface area contributed by atoms with E-state index in [4.69, 9.17) is 37.4 Å². The first-order valence-corrected chi connectivity index (χ1v) is 12.7. The number of nitrogens with one attached hydrogen (secondary N) is 1. The Morgan fingerprint density at radius 3 is 2.33 bits per heavy atom. The molecule has 4 aromatic carbocycles. The van der Waals surface area contributed by atoms with Crippen molar-refractivity contribution in [3.63, 3.8) is 0 Å². The Kier molecular flexibility index (Phi) is 9.47. The predicted molar refractivity (Wildman–Crippen MR) is 153 cm³/mol. The van der Waals surface area contributed by atoms with E-state index < -0.39 is 5.91 Å². The van der Waals surface area contributed by atoms with Crippen LogP contribution in [-0.2, 0) is 18.0 Å². The van der Waals surface area contributed by atoms with Crippen LogP contribution in [0, 0.1) is 11.3 Å². The molecule has 0 fully saturated rings. The van der Waals surface area contributed by atoms with E-state index in [2.05, 4.69) is 5.32 Å². The highest BCUT2D eigenvalue weighted by Gasteiger charge is 2.13. The number of hydrogen-bond acceptors (Lipinski definition) is 5. The lowest BCUT2D eigenvalue weighted by Crippen LogP contribution is -2.13. The number of anilines is 1. The number of methoxy groups -OCH3 is 1. The van der Waals surface area contributed by atoms with Gasteiger partial charge in [0.05, 0.1) is 7.11 Å². The largest absolute Gasteiger partial charge is 0.497 e. The van der Waals surface area contributed by atoms with Gasteiger partial charge in [-0.25, -0.2) is 0 Å². The van der Waals surface area contributed by atoms with E-state index >= 15 is 0 Å². The molecule has 1 amide bonds. The lowest BCUT2D eigenvalue weighted by molar-refractivity contribution is -0.112. The number of nitriles is 1. The molecule has 4 aromatic rings. The number of ether oxygens (including phenoxy) is 3. The Hall–Kier alpha value is -4.44. The number of amides is 1. The summed E-state index contributed by atoms with van der Waals surface area (Å²) in [5.41, 5.74) is 2.78. The molecule has 6 nitrogen and oxygen atoms in total. The standard InChI is InChI=1S/C31H24Cl2N2O4/c1-37-28-12-8-22(30(17-28)39-19-21-5-3-2-4-6-21)15-24(18-34)31(36)35-26-10-13-27(14-11-26)38-20-23-7-9-25(32)16-29(23)33/h2-17H,19-20H2,1H3,(H,35,36)/b24-15+. The van der Waals surface area contributed by atoms with Gasteiger partial charge in [-0.3, -0.25) is 4.79 Å². The quantitative estimate of drug-likeness (QED) is 0.159. The highest BCUT2D eigenvalue weighted by Crippen LogP contribution is 2.28. The molecule has 0 saturated heterocycles. The molecule has 0 aliphatic heterocycles. The highest BCUT2D eigenvalue weighted by atomic mass is 35.5. The van der Waals surface area contributed by atoms with E-state index in [1.54, 1.807) is 67.8 Å². The molecule has 196 valence electrons. The zero-order valence-electron chi connectivity index (χ0n) is 21.0. The zero-order valence-corrected chi connectivity index (χ0v) is 22.5. The Morgan fingerprint density at radius 2 is 1.64 bits per heavy atom. The number of benzene rings is 4. The summed E-state index contributed by atoms with van der Waals surface area (Å²) in [6.45, 7) is 0.584. The summed E-state index contributed by atoms with van der Waals surface area (Å²) in [4.78, 5) is 12.9. The molecule has 0 atom stereocenters. The van der Waals surface area contributed by atoms with Crippen molar-refractivity contribution in [1.29, 1.82) is 5.26 Å². The van der Waals surface area contributed by atoms with E-state index in [0.29, 0.717) is 45.2 Å². The van der Waals surface area contributed by atoms with Gasteiger partial charge in [0.1, 0.15) is 42.1 Å². The molecule has 1 N–H and O–H groups in total. The lowest BCUT2D eigenvalue weighted by atomic mass is 10.1. The van der Waals surface area contributed by atoms with Crippen molar-refractivity contribution in [2.45, 2.75) is 13.2 Å². The molecule has 8 heteroatoms. The van der Waals surface area contributed by atoms with Crippen molar-refractivity contribution in [3.05, 3.63) is 123 Å². The van der Waals surface area contributed by atoms with Gasteiger partial charge in [-0.1, -0.05) is 59.6 Å². The SMILES string of the molecule is COc1ccc(/C=C(\C#N)C(=O)Nc2ccc(OCc3ccc(Cl)cc3Cl)cc2)c(OCc2ccccc2)c1. The van der Waals surface area contributed by atoms with E-state index in [1.807, 2.05) is 36.4 Å². The van der Waals surface area contributed by atoms with Gasteiger partial charge in [0.25, 0.3) is 5.91 Å². The molecule has 4 rings (SSSR count).